The Bertz CT molecular complexity index is 244. The van der Waals surface area contributed by atoms with Gasteiger partial charge in [-0.05, 0) is 19.9 Å². The number of amides is 1. The summed E-state index contributed by atoms with van der Waals surface area (Å²) < 4.78 is 0. The van der Waals surface area contributed by atoms with Crippen LogP contribution in [0.5, 0.6) is 0 Å². The maximum absolute atomic E-state index is 11.1. The highest BCUT2D eigenvalue weighted by Crippen LogP contribution is 2.24. The van der Waals surface area contributed by atoms with E-state index in [2.05, 4.69) is 22.6 Å². The summed E-state index contributed by atoms with van der Waals surface area (Å²) in [6, 6.07) is 2.63. The van der Waals surface area contributed by atoms with Gasteiger partial charge in [0.1, 0.15) is 6.54 Å². The van der Waals surface area contributed by atoms with Crippen LogP contribution in [0.1, 0.15) is 12.8 Å². The van der Waals surface area contributed by atoms with Gasteiger partial charge in [0.05, 0.1) is 12.6 Å². The van der Waals surface area contributed by atoms with E-state index >= 15 is 0 Å². The van der Waals surface area contributed by atoms with E-state index in [1.165, 1.54) is 12.8 Å². The van der Waals surface area contributed by atoms with Crippen LogP contribution in [0.3, 0.4) is 0 Å². The Hall–Kier alpha value is -1.12. The second-order valence-electron chi connectivity index (χ2n) is 3.82. The molecule has 2 N–H and O–H groups in total. The third kappa shape index (κ3) is 5.35. The molecule has 0 spiro atoms. The number of nitriles is 1. The zero-order chi connectivity index (χ0) is 11.1. The predicted octanol–water partition coefficient (Wildman–Crippen LogP) is -0.690. The van der Waals surface area contributed by atoms with Crippen molar-refractivity contribution in [3.63, 3.8) is 0 Å². The molecule has 0 aliphatic heterocycles. The maximum Gasteiger partial charge on any atom is 0.234 e. The highest BCUT2D eigenvalue weighted by Gasteiger charge is 2.25. The lowest BCUT2D eigenvalue weighted by Gasteiger charge is -2.15. The standard InChI is InChI=1S/C10H18N4O/c1-14(9-2-3-9)7-6-12-8-10(15)13-5-4-11/h9,12H,2-3,5-8H2,1H3,(H,13,15). The van der Waals surface area contributed by atoms with Gasteiger partial charge in [-0.1, -0.05) is 0 Å². The van der Waals surface area contributed by atoms with Crippen molar-refractivity contribution >= 4 is 5.91 Å². The van der Waals surface area contributed by atoms with Gasteiger partial charge < -0.3 is 15.5 Å². The summed E-state index contributed by atoms with van der Waals surface area (Å²) in [5.74, 6) is -0.120. The average molecular weight is 210 g/mol. The van der Waals surface area contributed by atoms with Gasteiger partial charge in [0.2, 0.25) is 5.91 Å². The van der Waals surface area contributed by atoms with Crippen LogP contribution in [-0.2, 0) is 4.79 Å². The minimum atomic E-state index is -0.120. The Balaban J connectivity index is 1.91. The third-order valence-electron chi connectivity index (χ3n) is 2.46. The molecule has 0 atom stereocenters. The van der Waals surface area contributed by atoms with Crippen molar-refractivity contribution in [2.75, 3.05) is 33.2 Å². The van der Waals surface area contributed by atoms with Crippen molar-refractivity contribution in [2.24, 2.45) is 0 Å². The lowest BCUT2D eigenvalue weighted by molar-refractivity contribution is -0.120. The van der Waals surface area contributed by atoms with Crippen molar-refractivity contribution in [3.05, 3.63) is 0 Å². The number of carbonyl (C=O) groups is 1. The molecular formula is C10H18N4O. The molecule has 1 aliphatic carbocycles. The first kappa shape index (κ1) is 12.0. The first-order chi connectivity index (χ1) is 7.24. The summed E-state index contributed by atoms with van der Waals surface area (Å²) in [6.45, 7) is 2.16. The molecule has 1 aliphatic rings. The Morgan fingerprint density at radius 3 is 2.93 bits per heavy atom. The van der Waals surface area contributed by atoms with Gasteiger partial charge in [-0.25, -0.2) is 0 Å². The molecule has 1 saturated carbocycles. The van der Waals surface area contributed by atoms with Crippen LogP contribution in [0.4, 0.5) is 0 Å². The molecule has 0 radical (unpaired) electrons. The number of nitrogens with zero attached hydrogens (tertiary/aromatic N) is 2. The van der Waals surface area contributed by atoms with Crippen LogP contribution >= 0.6 is 0 Å². The third-order valence-corrected chi connectivity index (χ3v) is 2.46. The molecule has 0 bridgehead atoms. The number of rotatable bonds is 7. The zero-order valence-electron chi connectivity index (χ0n) is 9.12. The van der Waals surface area contributed by atoms with Gasteiger partial charge in [-0.2, -0.15) is 5.26 Å². The van der Waals surface area contributed by atoms with E-state index < -0.39 is 0 Å². The molecule has 0 aromatic carbocycles. The van der Waals surface area contributed by atoms with Crippen LogP contribution in [0.2, 0.25) is 0 Å². The fraction of sp³-hybridized carbons (Fsp3) is 0.800. The second-order valence-corrected chi connectivity index (χ2v) is 3.82. The molecule has 1 amide bonds. The molecule has 5 heteroatoms. The van der Waals surface area contributed by atoms with Gasteiger partial charge in [0, 0.05) is 19.1 Å². The molecular weight excluding hydrogens is 192 g/mol. The van der Waals surface area contributed by atoms with E-state index in [1.54, 1.807) is 0 Å². The quantitative estimate of drug-likeness (QED) is 0.431. The predicted molar refractivity (Wildman–Crippen MR) is 57.1 cm³/mol. The Kier molecular flexibility index (Phi) is 5.08. The topological polar surface area (TPSA) is 68.2 Å². The summed E-state index contributed by atoms with van der Waals surface area (Å²) >= 11 is 0. The maximum atomic E-state index is 11.1. The van der Waals surface area contributed by atoms with Crippen molar-refractivity contribution in [2.45, 2.75) is 18.9 Å². The van der Waals surface area contributed by atoms with E-state index in [0.717, 1.165) is 19.1 Å². The molecule has 84 valence electrons. The van der Waals surface area contributed by atoms with Crippen LogP contribution < -0.4 is 10.6 Å². The molecule has 0 heterocycles. The van der Waals surface area contributed by atoms with Crippen molar-refractivity contribution in [3.8, 4) is 6.07 Å². The lowest BCUT2D eigenvalue weighted by Crippen LogP contribution is -2.37. The number of carbonyl (C=O) groups excluding carboxylic acids is 1. The normalized spacial score (nSPS) is 15.0. The van der Waals surface area contributed by atoms with Gasteiger partial charge in [0.15, 0.2) is 0 Å². The summed E-state index contributed by atoms with van der Waals surface area (Å²) in [5, 5.41) is 13.8. The first-order valence-corrected chi connectivity index (χ1v) is 5.28. The van der Waals surface area contributed by atoms with E-state index in [1.807, 2.05) is 6.07 Å². The number of hydrogen-bond acceptors (Lipinski definition) is 4. The lowest BCUT2D eigenvalue weighted by atomic mass is 10.4. The van der Waals surface area contributed by atoms with Crippen LogP contribution in [0.25, 0.3) is 0 Å². The molecule has 0 unspecified atom stereocenters. The number of nitrogens with one attached hydrogen (secondary N) is 2. The molecule has 1 rings (SSSR count). The van der Waals surface area contributed by atoms with Crippen molar-refractivity contribution < 1.29 is 4.79 Å². The monoisotopic (exact) mass is 210 g/mol. The van der Waals surface area contributed by atoms with Gasteiger partial charge in [-0.15, -0.1) is 0 Å². The molecule has 0 aromatic heterocycles. The summed E-state index contributed by atoms with van der Waals surface area (Å²) in [7, 11) is 2.11. The number of hydrogen-bond donors (Lipinski definition) is 2. The summed E-state index contributed by atoms with van der Waals surface area (Å²) in [4.78, 5) is 13.4. The Morgan fingerprint density at radius 1 is 1.60 bits per heavy atom. The summed E-state index contributed by atoms with van der Waals surface area (Å²) in [5.41, 5.74) is 0. The fourth-order valence-electron chi connectivity index (χ4n) is 1.36. The smallest absolute Gasteiger partial charge is 0.234 e. The van der Waals surface area contributed by atoms with Crippen LogP contribution in [0.15, 0.2) is 0 Å². The van der Waals surface area contributed by atoms with E-state index in [4.69, 9.17) is 5.26 Å². The Labute approximate surface area is 90.4 Å². The first-order valence-electron chi connectivity index (χ1n) is 5.28. The van der Waals surface area contributed by atoms with E-state index in [-0.39, 0.29) is 12.5 Å². The fourth-order valence-corrected chi connectivity index (χ4v) is 1.36. The second kappa shape index (κ2) is 6.38. The van der Waals surface area contributed by atoms with Crippen molar-refractivity contribution in [1.82, 2.24) is 15.5 Å². The van der Waals surface area contributed by atoms with E-state index in [9.17, 15) is 4.79 Å². The van der Waals surface area contributed by atoms with Gasteiger partial charge >= 0.3 is 0 Å². The van der Waals surface area contributed by atoms with Gasteiger partial charge in [0.25, 0.3) is 0 Å². The molecule has 5 nitrogen and oxygen atoms in total. The Morgan fingerprint density at radius 2 is 2.33 bits per heavy atom. The number of likely N-dealkylation sites (N-methyl/N-ethyl adjacent to an activating group) is 1. The van der Waals surface area contributed by atoms with Crippen molar-refractivity contribution in [1.29, 1.82) is 5.26 Å². The highest BCUT2D eigenvalue weighted by molar-refractivity contribution is 5.78. The largest absolute Gasteiger partial charge is 0.342 e. The zero-order valence-corrected chi connectivity index (χ0v) is 9.12. The molecule has 15 heavy (non-hydrogen) atoms. The van der Waals surface area contributed by atoms with E-state index in [0.29, 0.717) is 6.54 Å². The molecule has 0 saturated heterocycles. The minimum Gasteiger partial charge on any atom is -0.342 e. The SMILES string of the molecule is CN(CCNCC(=O)NCC#N)C1CC1. The highest BCUT2D eigenvalue weighted by atomic mass is 16.1. The molecule has 0 aromatic rings. The molecule has 1 fully saturated rings. The van der Waals surface area contributed by atoms with Crippen LogP contribution in [0, 0.1) is 11.3 Å². The van der Waals surface area contributed by atoms with Gasteiger partial charge in [-0.3, -0.25) is 4.79 Å². The minimum absolute atomic E-state index is 0.0858. The van der Waals surface area contributed by atoms with Crippen LogP contribution in [-0.4, -0.2) is 50.1 Å². The average Bonchev–Trinajstić information content (AvgIpc) is 3.04. The summed E-state index contributed by atoms with van der Waals surface area (Å²) in [6.07, 6.45) is 2.61.